The average molecular weight is 112 g/mol. The first kappa shape index (κ1) is 7.08. The van der Waals surface area contributed by atoms with E-state index in [0.717, 1.165) is 0 Å². The molecule has 0 atom stereocenters. The predicted octanol–water partition coefficient (Wildman–Crippen LogP) is 0.721. The molecule has 0 radical (unpaired) electrons. The molecule has 0 aromatic rings. The number of hydrogen-bond donors (Lipinski definition) is 0. The predicted molar refractivity (Wildman–Crippen MR) is 30.5 cm³/mol. The Bertz CT molecular complexity index is 117. The zero-order valence-corrected chi connectivity index (χ0v) is 4.97. The molecule has 0 fully saturated rings. The standard InChI is InChI=1S/C6H8O2/c1-5(3-7)6(2)4-8/h3-4H,1-2H3/b6-5+. The topological polar surface area (TPSA) is 34.1 Å². The molecule has 2 heteroatoms. The third-order valence-corrected chi connectivity index (χ3v) is 0.976. The van der Waals surface area contributed by atoms with Gasteiger partial charge in [-0.1, -0.05) is 0 Å². The van der Waals surface area contributed by atoms with Gasteiger partial charge in [-0.05, 0) is 25.0 Å². The number of carbonyl (C=O) groups excluding carboxylic acids is 2. The Balaban J connectivity index is 4.25. The van der Waals surface area contributed by atoms with E-state index in [1.807, 2.05) is 0 Å². The molecule has 0 saturated carbocycles. The van der Waals surface area contributed by atoms with Crippen LogP contribution in [0.25, 0.3) is 0 Å². The number of aldehydes is 2. The maximum atomic E-state index is 9.89. The fraction of sp³-hybridized carbons (Fsp3) is 0.333. The lowest BCUT2D eigenvalue weighted by molar-refractivity contribution is -0.107. The van der Waals surface area contributed by atoms with Crippen LogP contribution < -0.4 is 0 Å². The first-order chi connectivity index (χ1) is 3.72. The van der Waals surface area contributed by atoms with Crippen molar-refractivity contribution in [1.29, 1.82) is 0 Å². The summed E-state index contributed by atoms with van der Waals surface area (Å²) in [6.45, 7) is 3.22. The van der Waals surface area contributed by atoms with Crippen LogP contribution in [-0.4, -0.2) is 12.6 Å². The first-order valence-electron chi connectivity index (χ1n) is 2.30. The summed E-state index contributed by atoms with van der Waals surface area (Å²) in [7, 11) is 0. The Morgan fingerprint density at radius 1 is 1.00 bits per heavy atom. The Labute approximate surface area is 48.2 Å². The Morgan fingerprint density at radius 2 is 1.25 bits per heavy atom. The van der Waals surface area contributed by atoms with Gasteiger partial charge in [-0.25, -0.2) is 0 Å². The number of allylic oxidation sites excluding steroid dienone is 2. The zero-order valence-electron chi connectivity index (χ0n) is 4.97. The van der Waals surface area contributed by atoms with Gasteiger partial charge in [-0.3, -0.25) is 9.59 Å². The highest BCUT2D eigenvalue weighted by atomic mass is 16.1. The molecule has 0 bridgehead atoms. The Morgan fingerprint density at radius 3 is 1.38 bits per heavy atom. The number of carbonyl (C=O) groups is 2. The molecule has 8 heavy (non-hydrogen) atoms. The molecule has 0 aromatic carbocycles. The number of hydrogen-bond acceptors (Lipinski definition) is 2. The van der Waals surface area contributed by atoms with E-state index in [9.17, 15) is 9.59 Å². The highest BCUT2D eigenvalue weighted by molar-refractivity contribution is 5.85. The van der Waals surface area contributed by atoms with Crippen LogP contribution in [0.4, 0.5) is 0 Å². The first-order valence-corrected chi connectivity index (χ1v) is 2.30. The minimum absolute atomic E-state index is 0.500. The van der Waals surface area contributed by atoms with Crippen LogP contribution in [0.15, 0.2) is 11.1 Å². The second-order valence-corrected chi connectivity index (χ2v) is 1.60. The van der Waals surface area contributed by atoms with E-state index in [2.05, 4.69) is 0 Å². The van der Waals surface area contributed by atoms with Gasteiger partial charge in [0.2, 0.25) is 0 Å². The van der Waals surface area contributed by atoms with Crippen LogP contribution in [0.1, 0.15) is 13.8 Å². The molecular weight excluding hydrogens is 104 g/mol. The highest BCUT2D eigenvalue weighted by Crippen LogP contribution is 1.93. The lowest BCUT2D eigenvalue weighted by Gasteiger charge is -1.86. The highest BCUT2D eigenvalue weighted by Gasteiger charge is 1.89. The summed E-state index contributed by atoms with van der Waals surface area (Å²) in [4.78, 5) is 19.8. The molecule has 0 aliphatic heterocycles. The van der Waals surface area contributed by atoms with Crippen LogP contribution in [0.3, 0.4) is 0 Å². The van der Waals surface area contributed by atoms with Gasteiger partial charge in [0.1, 0.15) is 12.6 Å². The maximum absolute atomic E-state index is 9.89. The van der Waals surface area contributed by atoms with Crippen molar-refractivity contribution in [3.05, 3.63) is 11.1 Å². The third kappa shape index (κ3) is 1.69. The van der Waals surface area contributed by atoms with E-state index in [0.29, 0.717) is 23.7 Å². The molecule has 0 aromatic heterocycles. The average Bonchev–Trinajstić information content (AvgIpc) is 1.84. The van der Waals surface area contributed by atoms with Crippen molar-refractivity contribution < 1.29 is 9.59 Å². The van der Waals surface area contributed by atoms with Crippen molar-refractivity contribution in [2.45, 2.75) is 13.8 Å². The quantitative estimate of drug-likeness (QED) is 0.389. The van der Waals surface area contributed by atoms with E-state index in [1.54, 1.807) is 13.8 Å². The fourth-order valence-electron chi connectivity index (χ4n) is 0.186. The summed E-state index contributed by atoms with van der Waals surface area (Å²) >= 11 is 0. The van der Waals surface area contributed by atoms with Crippen molar-refractivity contribution in [3.8, 4) is 0 Å². The molecule has 0 rings (SSSR count). The smallest absolute Gasteiger partial charge is 0.146 e. The van der Waals surface area contributed by atoms with Gasteiger partial charge >= 0.3 is 0 Å². The zero-order chi connectivity index (χ0) is 6.57. The molecule has 0 heterocycles. The van der Waals surface area contributed by atoms with E-state index >= 15 is 0 Å². The summed E-state index contributed by atoms with van der Waals surface area (Å²) in [5.74, 6) is 0. The Hall–Kier alpha value is -0.920. The van der Waals surface area contributed by atoms with Crippen molar-refractivity contribution in [3.63, 3.8) is 0 Å². The monoisotopic (exact) mass is 112 g/mol. The van der Waals surface area contributed by atoms with E-state index in [-0.39, 0.29) is 0 Å². The van der Waals surface area contributed by atoms with Crippen molar-refractivity contribution in [2.24, 2.45) is 0 Å². The summed E-state index contributed by atoms with van der Waals surface area (Å²) in [5.41, 5.74) is 1.00. The summed E-state index contributed by atoms with van der Waals surface area (Å²) in [6, 6.07) is 0. The fourth-order valence-corrected chi connectivity index (χ4v) is 0.186. The van der Waals surface area contributed by atoms with Gasteiger partial charge in [0, 0.05) is 0 Å². The molecule has 0 saturated heterocycles. The van der Waals surface area contributed by atoms with Gasteiger partial charge in [0.25, 0.3) is 0 Å². The van der Waals surface area contributed by atoms with Gasteiger partial charge < -0.3 is 0 Å². The summed E-state index contributed by atoms with van der Waals surface area (Å²) in [5, 5.41) is 0. The number of rotatable bonds is 2. The molecule has 0 aliphatic rings. The van der Waals surface area contributed by atoms with Crippen LogP contribution in [-0.2, 0) is 9.59 Å². The van der Waals surface area contributed by atoms with E-state index in [1.165, 1.54) is 0 Å². The second kappa shape index (κ2) is 3.13. The van der Waals surface area contributed by atoms with Gasteiger partial charge in [0.15, 0.2) is 0 Å². The van der Waals surface area contributed by atoms with Gasteiger partial charge in [0.05, 0.1) is 0 Å². The molecule has 0 aliphatic carbocycles. The molecule has 0 unspecified atom stereocenters. The second-order valence-electron chi connectivity index (χ2n) is 1.60. The summed E-state index contributed by atoms with van der Waals surface area (Å²) in [6.07, 6.45) is 1.34. The van der Waals surface area contributed by atoms with Crippen molar-refractivity contribution in [1.82, 2.24) is 0 Å². The normalized spacial score (nSPS) is 12.2. The van der Waals surface area contributed by atoms with Crippen LogP contribution >= 0.6 is 0 Å². The lowest BCUT2D eigenvalue weighted by Crippen LogP contribution is -1.84. The minimum atomic E-state index is 0.500. The summed E-state index contributed by atoms with van der Waals surface area (Å²) < 4.78 is 0. The van der Waals surface area contributed by atoms with Crippen LogP contribution in [0.5, 0.6) is 0 Å². The Kier molecular flexibility index (Phi) is 2.77. The lowest BCUT2D eigenvalue weighted by atomic mass is 10.2. The van der Waals surface area contributed by atoms with E-state index in [4.69, 9.17) is 0 Å². The SMILES string of the molecule is C/C(C=O)=C(/C)C=O. The molecule has 0 N–H and O–H groups in total. The van der Waals surface area contributed by atoms with Crippen molar-refractivity contribution in [2.75, 3.05) is 0 Å². The van der Waals surface area contributed by atoms with Crippen LogP contribution in [0, 0.1) is 0 Å². The minimum Gasteiger partial charge on any atom is -0.298 e. The van der Waals surface area contributed by atoms with Crippen molar-refractivity contribution >= 4 is 12.6 Å². The van der Waals surface area contributed by atoms with Gasteiger partial charge in [-0.2, -0.15) is 0 Å². The maximum Gasteiger partial charge on any atom is 0.146 e. The largest absolute Gasteiger partial charge is 0.298 e. The molecule has 2 nitrogen and oxygen atoms in total. The van der Waals surface area contributed by atoms with Crippen LogP contribution in [0.2, 0.25) is 0 Å². The molecule has 44 valence electrons. The van der Waals surface area contributed by atoms with E-state index < -0.39 is 0 Å². The van der Waals surface area contributed by atoms with Gasteiger partial charge in [-0.15, -0.1) is 0 Å². The molecule has 0 amide bonds. The molecular formula is C6H8O2. The molecule has 0 spiro atoms. The third-order valence-electron chi connectivity index (χ3n) is 0.976.